The Morgan fingerprint density at radius 2 is 0.724 bits per heavy atom. The fourth-order valence-electron chi connectivity index (χ4n) is 4.51. The Labute approximate surface area is 172 Å². The molecule has 1 heterocycles. The highest BCUT2D eigenvalue weighted by atomic mass is 16.6. The van der Waals surface area contributed by atoms with Crippen LogP contribution in [0.25, 0.3) is 0 Å². The summed E-state index contributed by atoms with van der Waals surface area (Å²) >= 11 is 0. The predicted octanol–water partition coefficient (Wildman–Crippen LogP) is 6.52. The maximum absolute atomic E-state index is 6.92. The monoisotopic (exact) mass is 376 g/mol. The van der Waals surface area contributed by atoms with Crippen LogP contribution in [-0.2, 0) is 15.9 Å². The summed E-state index contributed by atoms with van der Waals surface area (Å²) in [6.45, 7) is 4.24. The topological polar surface area (TPSA) is 12.5 Å². The van der Waals surface area contributed by atoms with Gasteiger partial charge in [-0.2, -0.15) is 0 Å². The number of epoxide rings is 1. The molecule has 0 amide bonds. The molecule has 0 aliphatic carbocycles. The molecule has 4 aromatic carbocycles. The molecule has 1 fully saturated rings. The third-order valence-corrected chi connectivity index (χ3v) is 6.04. The van der Waals surface area contributed by atoms with Gasteiger partial charge in [-0.1, -0.05) is 120 Å². The van der Waals surface area contributed by atoms with Crippen molar-refractivity contribution >= 4 is 0 Å². The highest BCUT2D eigenvalue weighted by Gasteiger charge is 2.73. The van der Waals surface area contributed by atoms with E-state index >= 15 is 0 Å². The molecule has 0 saturated carbocycles. The van der Waals surface area contributed by atoms with Crippen LogP contribution < -0.4 is 0 Å². The predicted molar refractivity (Wildman–Crippen MR) is 118 cm³/mol. The van der Waals surface area contributed by atoms with E-state index in [2.05, 4.69) is 123 Å². The first-order valence-electron chi connectivity index (χ1n) is 10.1. The molecule has 142 valence electrons. The van der Waals surface area contributed by atoms with Gasteiger partial charge in [0.2, 0.25) is 0 Å². The Kier molecular flexibility index (Phi) is 4.15. The van der Waals surface area contributed by atoms with Crippen molar-refractivity contribution in [2.45, 2.75) is 25.0 Å². The lowest BCUT2D eigenvalue weighted by Gasteiger charge is -2.23. The van der Waals surface area contributed by atoms with Crippen molar-refractivity contribution in [2.75, 3.05) is 0 Å². The number of hydrogen-bond donors (Lipinski definition) is 0. The lowest BCUT2D eigenvalue weighted by atomic mass is 9.73. The van der Waals surface area contributed by atoms with Crippen molar-refractivity contribution in [3.63, 3.8) is 0 Å². The molecule has 5 rings (SSSR count). The fourth-order valence-corrected chi connectivity index (χ4v) is 4.51. The van der Waals surface area contributed by atoms with E-state index in [1.807, 2.05) is 0 Å². The van der Waals surface area contributed by atoms with Crippen LogP contribution >= 0.6 is 0 Å². The number of benzene rings is 4. The van der Waals surface area contributed by atoms with Crippen molar-refractivity contribution in [1.82, 2.24) is 0 Å². The molecular weight excluding hydrogens is 352 g/mol. The summed E-state index contributed by atoms with van der Waals surface area (Å²) in [6.07, 6.45) is 0. The van der Waals surface area contributed by atoms with E-state index in [1.165, 1.54) is 33.4 Å². The van der Waals surface area contributed by atoms with Gasteiger partial charge >= 0.3 is 0 Å². The first kappa shape index (κ1) is 17.9. The Hall–Kier alpha value is -3.16. The molecule has 2 unspecified atom stereocenters. The van der Waals surface area contributed by atoms with Gasteiger partial charge in [0.15, 0.2) is 11.2 Å². The highest BCUT2D eigenvalue weighted by Crippen LogP contribution is 2.68. The zero-order valence-corrected chi connectivity index (χ0v) is 16.8. The van der Waals surface area contributed by atoms with Crippen LogP contribution in [0.2, 0.25) is 0 Å². The van der Waals surface area contributed by atoms with Gasteiger partial charge in [0, 0.05) is 0 Å². The normalized spacial score (nSPS) is 23.0. The summed E-state index contributed by atoms with van der Waals surface area (Å²) in [4.78, 5) is 0. The summed E-state index contributed by atoms with van der Waals surface area (Å²) in [5, 5.41) is 0. The minimum Gasteiger partial charge on any atom is -0.342 e. The van der Waals surface area contributed by atoms with Crippen LogP contribution in [0, 0.1) is 13.8 Å². The van der Waals surface area contributed by atoms with Gasteiger partial charge in [-0.05, 0) is 36.1 Å². The molecule has 1 aliphatic rings. The highest BCUT2D eigenvalue weighted by molar-refractivity contribution is 5.58. The van der Waals surface area contributed by atoms with E-state index in [0.29, 0.717) is 0 Å². The van der Waals surface area contributed by atoms with E-state index in [4.69, 9.17) is 4.74 Å². The quantitative estimate of drug-likeness (QED) is 0.369. The van der Waals surface area contributed by atoms with Gasteiger partial charge < -0.3 is 4.74 Å². The molecule has 1 saturated heterocycles. The zero-order valence-electron chi connectivity index (χ0n) is 16.8. The van der Waals surface area contributed by atoms with E-state index in [9.17, 15) is 0 Å². The van der Waals surface area contributed by atoms with Crippen LogP contribution in [0.5, 0.6) is 0 Å². The van der Waals surface area contributed by atoms with Gasteiger partial charge in [0.05, 0.1) is 0 Å². The molecule has 1 heteroatoms. The lowest BCUT2D eigenvalue weighted by molar-refractivity contribution is 0.300. The third kappa shape index (κ3) is 2.66. The average Bonchev–Trinajstić information content (AvgIpc) is 3.48. The average molecular weight is 376 g/mol. The van der Waals surface area contributed by atoms with Gasteiger partial charge in [-0.15, -0.1) is 0 Å². The van der Waals surface area contributed by atoms with Crippen molar-refractivity contribution in [2.24, 2.45) is 0 Å². The molecule has 2 atom stereocenters. The second kappa shape index (κ2) is 6.72. The van der Waals surface area contributed by atoms with Crippen LogP contribution in [0.4, 0.5) is 0 Å². The van der Waals surface area contributed by atoms with Gasteiger partial charge in [-0.25, -0.2) is 0 Å². The van der Waals surface area contributed by atoms with Crippen molar-refractivity contribution in [3.8, 4) is 0 Å². The Morgan fingerprint density at radius 3 is 1.07 bits per heavy atom. The minimum atomic E-state index is -0.557. The van der Waals surface area contributed by atoms with Crippen LogP contribution in [0.3, 0.4) is 0 Å². The molecule has 1 aliphatic heterocycles. The van der Waals surface area contributed by atoms with Gasteiger partial charge in [0.1, 0.15) is 0 Å². The van der Waals surface area contributed by atoms with E-state index in [1.54, 1.807) is 0 Å². The third-order valence-electron chi connectivity index (χ3n) is 6.04. The zero-order chi connectivity index (χ0) is 19.9. The second-order valence-corrected chi connectivity index (χ2v) is 7.93. The van der Waals surface area contributed by atoms with E-state index < -0.39 is 11.2 Å². The molecule has 0 N–H and O–H groups in total. The molecule has 0 aromatic heterocycles. The van der Waals surface area contributed by atoms with Crippen molar-refractivity contribution < 1.29 is 4.74 Å². The van der Waals surface area contributed by atoms with Crippen molar-refractivity contribution in [3.05, 3.63) is 143 Å². The smallest absolute Gasteiger partial charge is 0.157 e. The van der Waals surface area contributed by atoms with Gasteiger partial charge in [0.25, 0.3) is 0 Å². The first-order chi connectivity index (χ1) is 14.2. The largest absolute Gasteiger partial charge is 0.342 e. The standard InChI is InChI=1S/C28H24O/c1-21-13-17-25(18-14-21)27(23-9-5-3-6-10-23)28(29-27,24-11-7-4-8-12-24)26-19-15-22(2)16-20-26/h3-20H,1-2H3. The number of rotatable bonds is 4. The summed E-state index contributed by atoms with van der Waals surface area (Å²) in [5.74, 6) is 0. The SMILES string of the molecule is Cc1ccc(C2(c3ccccc3)OC2(c2ccccc2)c2ccc(C)cc2)cc1. The van der Waals surface area contributed by atoms with E-state index in [0.717, 1.165) is 0 Å². The Morgan fingerprint density at radius 1 is 0.414 bits per heavy atom. The molecule has 4 aromatic rings. The summed E-state index contributed by atoms with van der Waals surface area (Å²) in [5.41, 5.74) is 6.09. The van der Waals surface area contributed by atoms with Crippen LogP contribution in [0.1, 0.15) is 33.4 Å². The fraction of sp³-hybridized carbons (Fsp3) is 0.143. The lowest BCUT2D eigenvalue weighted by Crippen LogP contribution is -2.25. The van der Waals surface area contributed by atoms with Crippen LogP contribution in [0.15, 0.2) is 109 Å². The van der Waals surface area contributed by atoms with Crippen molar-refractivity contribution in [1.29, 1.82) is 0 Å². The molecule has 0 spiro atoms. The molecule has 29 heavy (non-hydrogen) atoms. The molecular formula is C28H24O. The summed E-state index contributed by atoms with van der Waals surface area (Å²) in [7, 11) is 0. The second-order valence-electron chi connectivity index (χ2n) is 7.93. The van der Waals surface area contributed by atoms with Gasteiger partial charge in [-0.3, -0.25) is 0 Å². The number of ether oxygens (including phenoxy) is 1. The minimum absolute atomic E-state index is 0.557. The number of aryl methyl sites for hydroxylation is 2. The maximum atomic E-state index is 6.92. The molecule has 0 bridgehead atoms. The Bertz CT molecular complexity index is 1020. The summed E-state index contributed by atoms with van der Waals surface area (Å²) < 4.78 is 6.92. The van der Waals surface area contributed by atoms with E-state index in [-0.39, 0.29) is 0 Å². The molecule has 0 radical (unpaired) electrons. The number of hydrogen-bond acceptors (Lipinski definition) is 1. The maximum Gasteiger partial charge on any atom is 0.157 e. The Balaban J connectivity index is 1.81. The first-order valence-corrected chi connectivity index (χ1v) is 10.1. The molecule has 1 nitrogen and oxygen atoms in total. The van der Waals surface area contributed by atoms with Crippen LogP contribution in [-0.4, -0.2) is 0 Å². The summed E-state index contributed by atoms with van der Waals surface area (Å²) in [6, 6.07) is 38.7.